The maximum Gasteiger partial charge on any atom is 0.264 e. The smallest absolute Gasteiger partial charge is 0.264 e. The second-order valence-corrected chi connectivity index (χ2v) is 12.2. The first-order chi connectivity index (χ1) is 20.1. The number of sulfonamides is 1. The van der Waals surface area contributed by atoms with Crippen molar-refractivity contribution in [2.24, 2.45) is 0 Å². The number of carbonyl (C=O) groups is 2. The molecule has 1 N–H and O–H groups in total. The van der Waals surface area contributed by atoms with Gasteiger partial charge in [0.1, 0.15) is 18.3 Å². The molecular formula is C33H43N3O5S. The highest BCUT2D eigenvalue weighted by atomic mass is 32.2. The Bertz CT molecular complexity index is 1420. The number of unbranched alkanes of at least 4 members (excludes halogenated alkanes) is 1. The summed E-state index contributed by atoms with van der Waals surface area (Å²) in [5.74, 6) is -0.129. The van der Waals surface area contributed by atoms with Crippen LogP contribution in [0.3, 0.4) is 0 Å². The van der Waals surface area contributed by atoms with Gasteiger partial charge in [0, 0.05) is 13.1 Å². The SMILES string of the molecule is CCCCNC(=O)C(CC)N(Cc1cccc(C)c1)C(=O)CN(c1ccc(OCC)cc1)S(=O)(=O)c1ccc(C)cc1. The van der Waals surface area contributed by atoms with Crippen molar-refractivity contribution in [3.8, 4) is 5.75 Å². The lowest BCUT2D eigenvalue weighted by Gasteiger charge is -2.33. The van der Waals surface area contributed by atoms with E-state index in [9.17, 15) is 18.0 Å². The molecule has 0 aromatic heterocycles. The average molecular weight is 594 g/mol. The van der Waals surface area contributed by atoms with Crippen molar-refractivity contribution in [1.29, 1.82) is 0 Å². The molecule has 3 aromatic carbocycles. The van der Waals surface area contributed by atoms with E-state index >= 15 is 0 Å². The van der Waals surface area contributed by atoms with Crippen molar-refractivity contribution in [1.82, 2.24) is 10.2 Å². The van der Waals surface area contributed by atoms with E-state index in [4.69, 9.17) is 4.74 Å². The number of hydrogen-bond acceptors (Lipinski definition) is 5. The van der Waals surface area contributed by atoms with Gasteiger partial charge in [0.15, 0.2) is 0 Å². The zero-order chi connectivity index (χ0) is 30.7. The molecule has 9 heteroatoms. The van der Waals surface area contributed by atoms with E-state index in [0.717, 1.165) is 33.8 Å². The number of hydrogen-bond donors (Lipinski definition) is 1. The second-order valence-electron chi connectivity index (χ2n) is 10.3. The van der Waals surface area contributed by atoms with Gasteiger partial charge in [0.25, 0.3) is 10.0 Å². The topological polar surface area (TPSA) is 96.0 Å². The van der Waals surface area contributed by atoms with E-state index in [1.807, 2.05) is 58.9 Å². The lowest BCUT2D eigenvalue weighted by atomic mass is 10.1. The van der Waals surface area contributed by atoms with Gasteiger partial charge in [0.05, 0.1) is 17.2 Å². The molecule has 1 unspecified atom stereocenters. The molecular weight excluding hydrogens is 550 g/mol. The van der Waals surface area contributed by atoms with Crippen LogP contribution >= 0.6 is 0 Å². The van der Waals surface area contributed by atoms with Crippen molar-refractivity contribution in [3.63, 3.8) is 0 Å². The number of benzene rings is 3. The highest BCUT2D eigenvalue weighted by Crippen LogP contribution is 2.27. The maximum atomic E-state index is 14.2. The Morgan fingerprint density at radius 2 is 1.60 bits per heavy atom. The Labute approximate surface area is 250 Å². The Hall–Kier alpha value is -3.85. The molecule has 1 atom stereocenters. The third-order valence-corrected chi connectivity index (χ3v) is 8.76. The van der Waals surface area contributed by atoms with Crippen LogP contribution in [0.4, 0.5) is 5.69 Å². The van der Waals surface area contributed by atoms with Crippen molar-refractivity contribution in [3.05, 3.63) is 89.5 Å². The summed E-state index contributed by atoms with van der Waals surface area (Å²) in [6.07, 6.45) is 2.13. The first-order valence-electron chi connectivity index (χ1n) is 14.6. The number of ether oxygens (including phenoxy) is 1. The van der Waals surface area contributed by atoms with Gasteiger partial charge in [-0.1, -0.05) is 67.8 Å². The van der Waals surface area contributed by atoms with E-state index in [0.29, 0.717) is 31.0 Å². The van der Waals surface area contributed by atoms with Crippen LogP contribution in [0.25, 0.3) is 0 Å². The lowest BCUT2D eigenvalue weighted by molar-refractivity contribution is -0.140. The summed E-state index contributed by atoms with van der Waals surface area (Å²) in [4.78, 5) is 29.0. The number of anilines is 1. The van der Waals surface area contributed by atoms with Crippen LogP contribution < -0.4 is 14.4 Å². The van der Waals surface area contributed by atoms with E-state index in [2.05, 4.69) is 5.32 Å². The van der Waals surface area contributed by atoms with Gasteiger partial charge in [-0.15, -0.1) is 0 Å². The summed E-state index contributed by atoms with van der Waals surface area (Å²) >= 11 is 0. The van der Waals surface area contributed by atoms with Crippen molar-refractivity contribution < 1.29 is 22.7 Å². The van der Waals surface area contributed by atoms with E-state index in [1.54, 1.807) is 36.4 Å². The normalized spacial score (nSPS) is 11.9. The molecule has 0 fully saturated rings. The van der Waals surface area contributed by atoms with Gasteiger partial charge in [-0.2, -0.15) is 0 Å². The minimum atomic E-state index is -4.13. The molecule has 3 aromatic rings. The number of nitrogens with zero attached hydrogens (tertiary/aromatic N) is 2. The summed E-state index contributed by atoms with van der Waals surface area (Å²) in [5, 5.41) is 2.95. The van der Waals surface area contributed by atoms with Crippen LogP contribution in [-0.4, -0.2) is 50.9 Å². The molecule has 0 aliphatic heterocycles. The largest absolute Gasteiger partial charge is 0.494 e. The highest BCUT2D eigenvalue weighted by molar-refractivity contribution is 7.92. The van der Waals surface area contributed by atoms with Gasteiger partial charge >= 0.3 is 0 Å². The van der Waals surface area contributed by atoms with Crippen LogP contribution in [0.5, 0.6) is 5.75 Å². The Morgan fingerprint density at radius 1 is 0.905 bits per heavy atom. The van der Waals surface area contributed by atoms with Crippen LogP contribution in [0.2, 0.25) is 0 Å². The zero-order valence-corrected chi connectivity index (χ0v) is 26.1. The number of nitrogens with one attached hydrogen (secondary N) is 1. The molecule has 0 heterocycles. The Balaban J connectivity index is 2.04. The minimum Gasteiger partial charge on any atom is -0.494 e. The van der Waals surface area contributed by atoms with Gasteiger partial charge in [-0.05, 0) is 75.6 Å². The first kappa shape index (κ1) is 32.7. The summed E-state index contributed by atoms with van der Waals surface area (Å²) in [6.45, 7) is 10.3. The molecule has 42 heavy (non-hydrogen) atoms. The van der Waals surface area contributed by atoms with Gasteiger partial charge in [0.2, 0.25) is 11.8 Å². The van der Waals surface area contributed by atoms with Gasteiger partial charge in [-0.3, -0.25) is 13.9 Å². The second kappa shape index (κ2) is 15.4. The van der Waals surface area contributed by atoms with Gasteiger partial charge < -0.3 is 15.0 Å². The third kappa shape index (κ3) is 8.58. The number of amides is 2. The van der Waals surface area contributed by atoms with Crippen molar-refractivity contribution >= 4 is 27.5 Å². The average Bonchev–Trinajstić information content (AvgIpc) is 2.96. The predicted molar refractivity (Wildman–Crippen MR) is 167 cm³/mol. The van der Waals surface area contributed by atoms with E-state index in [-0.39, 0.29) is 17.3 Å². The van der Waals surface area contributed by atoms with E-state index < -0.39 is 28.5 Å². The number of carbonyl (C=O) groups excluding carboxylic acids is 2. The molecule has 2 amide bonds. The lowest BCUT2D eigenvalue weighted by Crippen LogP contribution is -2.52. The maximum absolute atomic E-state index is 14.2. The molecule has 0 bridgehead atoms. The third-order valence-electron chi connectivity index (χ3n) is 6.97. The Kier molecular flexibility index (Phi) is 12.0. The molecule has 226 valence electrons. The van der Waals surface area contributed by atoms with Crippen molar-refractivity contribution in [2.75, 3.05) is 24.0 Å². The molecule has 3 rings (SSSR count). The first-order valence-corrected chi connectivity index (χ1v) is 16.0. The van der Waals surface area contributed by atoms with Crippen molar-refractivity contribution in [2.45, 2.75) is 71.4 Å². The van der Waals surface area contributed by atoms with E-state index in [1.165, 1.54) is 17.0 Å². The minimum absolute atomic E-state index is 0.0735. The summed E-state index contributed by atoms with van der Waals surface area (Å²) in [7, 11) is -4.13. The monoisotopic (exact) mass is 593 g/mol. The standard InChI is InChI=1S/C33H43N3O5S/c1-6-9-21-34-33(38)31(7-2)35(23-27-12-10-11-26(5)22-27)32(37)24-36(28-15-17-29(18-16-28)41-8-3)42(39,40)30-19-13-25(4)14-20-30/h10-20,22,31H,6-9,21,23-24H2,1-5H3,(H,34,38). The fraction of sp³-hybridized carbons (Fsp3) is 0.394. The van der Waals surface area contributed by atoms with Crippen LogP contribution in [0.1, 0.15) is 56.7 Å². The molecule has 0 saturated carbocycles. The van der Waals surface area contributed by atoms with Gasteiger partial charge in [-0.25, -0.2) is 8.42 Å². The fourth-order valence-corrected chi connectivity index (χ4v) is 6.09. The van der Waals surface area contributed by atoms with Crippen LogP contribution in [0.15, 0.2) is 77.7 Å². The number of rotatable bonds is 15. The molecule has 0 spiro atoms. The quantitative estimate of drug-likeness (QED) is 0.231. The summed E-state index contributed by atoms with van der Waals surface area (Å²) in [6, 6.07) is 20.1. The molecule has 0 aliphatic carbocycles. The van der Waals surface area contributed by atoms with Crippen LogP contribution in [0, 0.1) is 13.8 Å². The zero-order valence-electron chi connectivity index (χ0n) is 25.3. The number of aryl methyl sites for hydroxylation is 2. The molecule has 8 nitrogen and oxygen atoms in total. The molecule has 0 aliphatic rings. The predicted octanol–water partition coefficient (Wildman–Crippen LogP) is 5.62. The fourth-order valence-electron chi connectivity index (χ4n) is 4.67. The molecule has 0 radical (unpaired) electrons. The highest BCUT2D eigenvalue weighted by Gasteiger charge is 2.33. The molecule has 0 saturated heterocycles. The summed E-state index contributed by atoms with van der Waals surface area (Å²) in [5.41, 5.74) is 3.13. The van der Waals surface area contributed by atoms with Crippen LogP contribution in [-0.2, 0) is 26.2 Å². The summed E-state index contributed by atoms with van der Waals surface area (Å²) < 4.78 is 34.7. The Morgan fingerprint density at radius 3 is 2.19 bits per heavy atom.